The maximum absolute atomic E-state index is 12.5. The Bertz CT molecular complexity index is 854. The number of primary amides is 1. The monoisotopic (exact) mass is 451 g/mol. The fraction of sp³-hybridized carbons (Fsp3) is 0.524. The molecule has 0 aliphatic rings. The van der Waals surface area contributed by atoms with Crippen molar-refractivity contribution in [3.63, 3.8) is 0 Å². The number of hydrogen-bond acceptors (Lipinski definition) is 5. The zero-order chi connectivity index (χ0) is 22.3. The van der Waals surface area contributed by atoms with Crippen molar-refractivity contribution >= 4 is 35.3 Å². The van der Waals surface area contributed by atoms with Crippen LogP contribution in [0.3, 0.4) is 0 Å². The van der Waals surface area contributed by atoms with Gasteiger partial charge >= 0.3 is 6.03 Å². The van der Waals surface area contributed by atoms with Gasteiger partial charge in [-0.2, -0.15) is 0 Å². The Morgan fingerprint density at radius 1 is 1.20 bits per heavy atom. The third-order valence-corrected chi connectivity index (χ3v) is 6.48. The molecule has 0 radical (unpaired) electrons. The molecule has 0 unspecified atom stereocenters. The Kier molecular flexibility index (Phi) is 9.17. The van der Waals surface area contributed by atoms with Crippen LogP contribution >= 0.6 is 23.4 Å². The average Bonchev–Trinajstić information content (AvgIpc) is 3.06. The van der Waals surface area contributed by atoms with Crippen molar-refractivity contribution in [1.29, 1.82) is 0 Å². The lowest BCUT2D eigenvalue weighted by atomic mass is 10.0. The number of imide groups is 1. The van der Waals surface area contributed by atoms with Gasteiger partial charge in [-0.05, 0) is 42.5 Å². The average molecular weight is 452 g/mol. The molecule has 0 fully saturated rings. The number of nitrogens with zero attached hydrogens (tertiary/aromatic N) is 3. The third-order valence-electron chi connectivity index (χ3n) is 4.71. The van der Waals surface area contributed by atoms with Gasteiger partial charge in [-0.3, -0.25) is 10.1 Å². The molecule has 0 saturated heterocycles. The van der Waals surface area contributed by atoms with Crippen LogP contribution < -0.4 is 11.1 Å². The minimum atomic E-state index is -0.859. The molecule has 2 rings (SSSR count). The van der Waals surface area contributed by atoms with Crippen LogP contribution in [0, 0.1) is 11.8 Å². The summed E-state index contributed by atoms with van der Waals surface area (Å²) < 4.78 is 2.06. The number of hydrogen-bond donors (Lipinski definition) is 2. The number of thioether (sulfide) groups is 1. The van der Waals surface area contributed by atoms with Crippen LogP contribution in [0.1, 0.15) is 47.0 Å². The lowest BCUT2D eigenvalue weighted by molar-refractivity contribution is -0.120. The molecule has 1 heterocycles. The third kappa shape index (κ3) is 6.74. The summed E-state index contributed by atoms with van der Waals surface area (Å²) in [5, 5.41) is 11.7. The number of benzene rings is 1. The summed E-state index contributed by atoms with van der Waals surface area (Å²) in [6.07, 6.45) is 3.38. The first-order valence-electron chi connectivity index (χ1n) is 10.2. The highest BCUT2D eigenvalue weighted by Crippen LogP contribution is 2.31. The quantitative estimate of drug-likeness (QED) is 0.508. The Balaban J connectivity index is 2.38. The van der Waals surface area contributed by atoms with Crippen LogP contribution in [-0.2, 0) is 11.3 Å². The molecule has 2 atom stereocenters. The number of urea groups is 1. The predicted octanol–water partition coefficient (Wildman–Crippen LogP) is 4.74. The van der Waals surface area contributed by atoms with E-state index in [-0.39, 0.29) is 5.92 Å². The van der Waals surface area contributed by atoms with Crippen molar-refractivity contribution in [3.05, 3.63) is 29.3 Å². The first-order valence-corrected chi connectivity index (χ1v) is 11.4. The van der Waals surface area contributed by atoms with Crippen molar-refractivity contribution < 1.29 is 9.59 Å². The molecule has 0 aliphatic carbocycles. The van der Waals surface area contributed by atoms with E-state index in [0.29, 0.717) is 16.1 Å². The van der Waals surface area contributed by atoms with Crippen molar-refractivity contribution in [1.82, 2.24) is 20.1 Å². The lowest BCUT2D eigenvalue weighted by Gasteiger charge is -2.20. The summed E-state index contributed by atoms with van der Waals surface area (Å²) in [5.41, 5.74) is 6.04. The first kappa shape index (κ1) is 24.2. The molecule has 3 amide bonds. The Hall–Kier alpha value is -2.06. The highest BCUT2D eigenvalue weighted by Gasteiger charge is 2.28. The Morgan fingerprint density at radius 2 is 1.87 bits per heavy atom. The number of carbonyl (C=O) groups is 2. The molecule has 0 bridgehead atoms. The van der Waals surface area contributed by atoms with Crippen LogP contribution in [0.15, 0.2) is 29.4 Å². The van der Waals surface area contributed by atoms with Gasteiger partial charge in [0.25, 0.3) is 0 Å². The topological polar surface area (TPSA) is 103 Å². The van der Waals surface area contributed by atoms with Gasteiger partial charge < -0.3 is 10.3 Å². The van der Waals surface area contributed by atoms with Gasteiger partial charge in [-0.15, -0.1) is 10.2 Å². The first-order chi connectivity index (χ1) is 14.2. The minimum Gasteiger partial charge on any atom is -0.351 e. The fourth-order valence-corrected chi connectivity index (χ4v) is 4.27. The van der Waals surface area contributed by atoms with E-state index in [0.717, 1.165) is 37.2 Å². The number of rotatable bonds is 10. The summed E-state index contributed by atoms with van der Waals surface area (Å²) in [6, 6.07) is 6.60. The lowest BCUT2D eigenvalue weighted by Crippen LogP contribution is -2.42. The van der Waals surface area contributed by atoms with Crippen molar-refractivity contribution in [3.8, 4) is 11.4 Å². The molecule has 0 spiro atoms. The maximum atomic E-state index is 12.5. The summed E-state index contributed by atoms with van der Waals surface area (Å²) in [4.78, 5) is 23.6. The summed E-state index contributed by atoms with van der Waals surface area (Å²) in [7, 11) is 0. The normalized spacial score (nSPS) is 13.3. The SMILES string of the molecule is CCCC[C@H](C)Cn1c(S[C@@H](C(=O)NC(N)=O)C(C)C)nnc1-c1ccc(Cl)cc1. The van der Waals surface area contributed by atoms with Crippen molar-refractivity contribution in [2.45, 2.75) is 63.9 Å². The molecule has 1 aromatic carbocycles. The maximum Gasteiger partial charge on any atom is 0.318 e. The smallest absolute Gasteiger partial charge is 0.318 e. The molecule has 30 heavy (non-hydrogen) atoms. The van der Waals surface area contributed by atoms with E-state index in [9.17, 15) is 9.59 Å². The summed E-state index contributed by atoms with van der Waals surface area (Å²) in [6.45, 7) is 8.95. The molecule has 164 valence electrons. The van der Waals surface area contributed by atoms with Crippen LogP contribution in [0.4, 0.5) is 4.79 Å². The summed E-state index contributed by atoms with van der Waals surface area (Å²) in [5.74, 6) is 0.693. The van der Waals surface area contributed by atoms with E-state index in [2.05, 4.69) is 33.9 Å². The van der Waals surface area contributed by atoms with Crippen LogP contribution in [0.5, 0.6) is 0 Å². The van der Waals surface area contributed by atoms with Gasteiger partial charge in [0.05, 0.1) is 5.25 Å². The number of aromatic nitrogens is 3. The molecule has 7 nitrogen and oxygen atoms in total. The zero-order valence-corrected chi connectivity index (χ0v) is 19.5. The standard InChI is InChI=1S/C21H30ClN5O2S/c1-5-6-7-14(4)12-27-18(15-8-10-16(22)11-9-15)25-26-21(27)30-17(13(2)3)19(28)24-20(23)29/h8-11,13-14,17H,5-7,12H2,1-4H3,(H3,23,24,28,29)/t14-,17+/m0/s1. The second kappa shape index (κ2) is 11.4. The molecule has 2 aromatic rings. The van der Waals surface area contributed by atoms with Crippen molar-refractivity contribution in [2.24, 2.45) is 17.6 Å². The van der Waals surface area contributed by atoms with E-state index < -0.39 is 17.2 Å². The van der Waals surface area contributed by atoms with Gasteiger partial charge in [0.15, 0.2) is 11.0 Å². The van der Waals surface area contributed by atoms with Gasteiger partial charge in [0.2, 0.25) is 5.91 Å². The molecule has 3 N–H and O–H groups in total. The second-order valence-electron chi connectivity index (χ2n) is 7.81. The van der Waals surface area contributed by atoms with Crippen molar-refractivity contribution in [2.75, 3.05) is 0 Å². The molecular weight excluding hydrogens is 422 g/mol. The van der Waals surface area contributed by atoms with Crippen LogP contribution in [-0.4, -0.2) is 32.0 Å². The van der Waals surface area contributed by atoms with E-state index in [1.807, 2.05) is 38.1 Å². The molecule has 0 aliphatic heterocycles. The second-order valence-corrected chi connectivity index (χ2v) is 9.35. The number of carbonyl (C=O) groups excluding carboxylic acids is 2. The van der Waals surface area contributed by atoms with Gasteiger partial charge in [0.1, 0.15) is 0 Å². The number of amides is 3. The van der Waals surface area contributed by atoms with E-state index in [1.165, 1.54) is 11.8 Å². The Labute approximate surface area is 187 Å². The minimum absolute atomic E-state index is 0.0315. The zero-order valence-electron chi connectivity index (χ0n) is 17.9. The van der Waals surface area contributed by atoms with Gasteiger partial charge in [0, 0.05) is 17.1 Å². The predicted molar refractivity (Wildman–Crippen MR) is 121 cm³/mol. The number of unbranched alkanes of at least 4 members (excludes halogenated alkanes) is 1. The number of nitrogens with two attached hydrogens (primary N) is 1. The highest BCUT2D eigenvalue weighted by atomic mass is 35.5. The van der Waals surface area contributed by atoms with Gasteiger partial charge in [-0.25, -0.2) is 4.79 Å². The number of halogens is 1. The van der Waals surface area contributed by atoms with E-state index in [1.54, 1.807) is 0 Å². The number of nitrogens with one attached hydrogen (secondary N) is 1. The molecular formula is C21H30ClN5O2S. The summed E-state index contributed by atoms with van der Waals surface area (Å²) >= 11 is 7.34. The molecule has 9 heteroatoms. The molecule has 0 saturated carbocycles. The fourth-order valence-electron chi connectivity index (χ4n) is 3.11. The van der Waals surface area contributed by atoms with Gasteiger partial charge in [-0.1, -0.05) is 63.9 Å². The largest absolute Gasteiger partial charge is 0.351 e. The van der Waals surface area contributed by atoms with Crippen LogP contribution in [0.2, 0.25) is 5.02 Å². The van der Waals surface area contributed by atoms with Crippen LogP contribution in [0.25, 0.3) is 11.4 Å². The molecule has 1 aromatic heterocycles. The highest BCUT2D eigenvalue weighted by molar-refractivity contribution is 8.00. The van der Waals surface area contributed by atoms with E-state index >= 15 is 0 Å². The van der Waals surface area contributed by atoms with E-state index in [4.69, 9.17) is 17.3 Å². The Morgan fingerprint density at radius 3 is 2.43 bits per heavy atom.